The normalized spacial score (nSPS) is 35.3. The Morgan fingerprint density at radius 3 is 2.33 bits per heavy atom. The maximum Gasteiger partial charge on any atom is 0.0765 e. The van der Waals surface area contributed by atoms with Crippen molar-refractivity contribution in [1.82, 2.24) is 5.32 Å². The summed E-state index contributed by atoms with van der Waals surface area (Å²) in [5, 5.41) is 3.91. The number of nitrogens with one attached hydrogen (secondary N) is 1. The standard InChI is InChI=1S/C15H30N2O/c1-18-14-10-6-7-11-15(14,12-16)17-13-8-4-2-3-5-9-13/h13-14,17H,2-12,16H2,1H3. The molecule has 3 heteroatoms. The Kier molecular flexibility index (Phi) is 5.46. The summed E-state index contributed by atoms with van der Waals surface area (Å²) in [7, 11) is 1.84. The summed E-state index contributed by atoms with van der Waals surface area (Å²) in [5.74, 6) is 0. The van der Waals surface area contributed by atoms with Gasteiger partial charge in [0.15, 0.2) is 0 Å². The SMILES string of the molecule is COC1CCCCC1(CN)NC1CCCCCC1. The molecule has 2 saturated carbocycles. The Hall–Kier alpha value is -0.120. The van der Waals surface area contributed by atoms with Gasteiger partial charge in [-0.25, -0.2) is 0 Å². The van der Waals surface area contributed by atoms with Crippen LogP contribution >= 0.6 is 0 Å². The molecule has 0 aromatic heterocycles. The molecule has 2 rings (SSSR count). The van der Waals surface area contributed by atoms with Gasteiger partial charge in [0.05, 0.1) is 11.6 Å². The summed E-state index contributed by atoms with van der Waals surface area (Å²) in [4.78, 5) is 0. The van der Waals surface area contributed by atoms with Gasteiger partial charge in [0, 0.05) is 19.7 Å². The van der Waals surface area contributed by atoms with Crippen molar-refractivity contribution < 1.29 is 4.74 Å². The third-order valence-corrected chi connectivity index (χ3v) is 4.95. The molecule has 2 unspecified atom stereocenters. The second-order valence-corrected chi connectivity index (χ2v) is 6.16. The van der Waals surface area contributed by atoms with Crippen LogP contribution in [-0.2, 0) is 4.74 Å². The quantitative estimate of drug-likeness (QED) is 0.758. The van der Waals surface area contributed by atoms with E-state index in [1.165, 1.54) is 57.8 Å². The molecule has 2 atom stereocenters. The third kappa shape index (κ3) is 3.25. The fraction of sp³-hybridized carbons (Fsp3) is 1.00. The zero-order chi connectivity index (χ0) is 12.8. The highest BCUT2D eigenvalue weighted by molar-refractivity contribution is 5.01. The van der Waals surface area contributed by atoms with Crippen molar-refractivity contribution in [2.24, 2.45) is 5.73 Å². The topological polar surface area (TPSA) is 47.3 Å². The zero-order valence-corrected chi connectivity index (χ0v) is 11.9. The molecule has 0 radical (unpaired) electrons. The lowest BCUT2D eigenvalue weighted by molar-refractivity contribution is -0.0147. The Morgan fingerprint density at radius 1 is 1.06 bits per heavy atom. The summed E-state index contributed by atoms with van der Waals surface area (Å²) in [5.41, 5.74) is 6.16. The summed E-state index contributed by atoms with van der Waals surface area (Å²) < 4.78 is 5.73. The number of rotatable bonds is 4. The number of methoxy groups -OCH3 is 1. The molecular formula is C15H30N2O. The minimum Gasteiger partial charge on any atom is -0.379 e. The van der Waals surface area contributed by atoms with Crippen molar-refractivity contribution >= 4 is 0 Å². The molecule has 106 valence electrons. The second-order valence-electron chi connectivity index (χ2n) is 6.16. The van der Waals surface area contributed by atoms with E-state index in [9.17, 15) is 0 Å². The first-order valence-electron chi connectivity index (χ1n) is 7.81. The smallest absolute Gasteiger partial charge is 0.0765 e. The largest absolute Gasteiger partial charge is 0.379 e. The van der Waals surface area contributed by atoms with Gasteiger partial charge in [0.1, 0.15) is 0 Å². The van der Waals surface area contributed by atoms with E-state index in [0.29, 0.717) is 18.7 Å². The van der Waals surface area contributed by atoms with Crippen LogP contribution in [0, 0.1) is 0 Å². The Labute approximate surface area is 112 Å². The molecule has 0 aromatic rings. The molecule has 2 fully saturated rings. The predicted octanol–water partition coefficient (Wildman–Crippen LogP) is 2.59. The van der Waals surface area contributed by atoms with Gasteiger partial charge in [-0.15, -0.1) is 0 Å². The highest BCUT2D eigenvalue weighted by atomic mass is 16.5. The molecule has 2 aliphatic carbocycles. The minimum absolute atomic E-state index is 0.0437. The van der Waals surface area contributed by atoms with Crippen molar-refractivity contribution in [3.05, 3.63) is 0 Å². The summed E-state index contributed by atoms with van der Waals surface area (Å²) in [6, 6.07) is 0.659. The van der Waals surface area contributed by atoms with Crippen LogP contribution in [0.15, 0.2) is 0 Å². The maximum atomic E-state index is 6.12. The Bertz CT molecular complexity index is 239. The van der Waals surface area contributed by atoms with Gasteiger partial charge in [-0.3, -0.25) is 0 Å². The highest BCUT2D eigenvalue weighted by Crippen LogP contribution is 2.32. The molecule has 3 N–H and O–H groups in total. The molecule has 0 aromatic carbocycles. The number of nitrogens with two attached hydrogens (primary N) is 1. The first-order chi connectivity index (χ1) is 8.80. The van der Waals surface area contributed by atoms with E-state index in [1.807, 2.05) is 7.11 Å². The summed E-state index contributed by atoms with van der Waals surface area (Å²) in [6.45, 7) is 0.710. The molecule has 0 aliphatic heterocycles. The van der Waals surface area contributed by atoms with Gasteiger partial charge in [0.25, 0.3) is 0 Å². The van der Waals surface area contributed by atoms with Crippen LogP contribution in [0.1, 0.15) is 64.2 Å². The molecular weight excluding hydrogens is 224 g/mol. The Balaban J connectivity index is 2.00. The zero-order valence-electron chi connectivity index (χ0n) is 11.9. The molecule has 0 heterocycles. The van der Waals surface area contributed by atoms with Gasteiger partial charge < -0.3 is 15.8 Å². The second kappa shape index (κ2) is 6.88. The van der Waals surface area contributed by atoms with Gasteiger partial charge >= 0.3 is 0 Å². The average molecular weight is 254 g/mol. The molecule has 0 amide bonds. The van der Waals surface area contributed by atoms with E-state index in [4.69, 9.17) is 10.5 Å². The van der Waals surface area contributed by atoms with Gasteiger partial charge in [-0.2, -0.15) is 0 Å². The highest BCUT2D eigenvalue weighted by Gasteiger charge is 2.41. The van der Waals surface area contributed by atoms with Crippen molar-refractivity contribution in [2.45, 2.75) is 81.9 Å². The van der Waals surface area contributed by atoms with Gasteiger partial charge in [-0.1, -0.05) is 38.5 Å². The van der Waals surface area contributed by atoms with E-state index in [-0.39, 0.29) is 5.54 Å². The fourth-order valence-corrected chi connectivity index (χ4v) is 3.84. The van der Waals surface area contributed by atoms with Crippen LogP contribution < -0.4 is 11.1 Å². The van der Waals surface area contributed by atoms with E-state index in [2.05, 4.69) is 5.32 Å². The lowest BCUT2D eigenvalue weighted by atomic mass is 9.78. The number of ether oxygens (including phenoxy) is 1. The van der Waals surface area contributed by atoms with E-state index < -0.39 is 0 Å². The molecule has 0 saturated heterocycles. The van der Waals surface area contributed by atoms with Gasteiger partial charge in [0.2, 0.25) is 0 Å². The van der Waals surface area contributed by atoms with E-state index in [1.54, 1.807) is 0 Å². The van der Waals surface area contributed by atoms with Crippen LogP contribution in [0.2, 0.25) is 0 Å². The van der Waals surface area contributed by atoms with Gasteiger partial charge in [-0.05, 0) is 25.7 Å². The van der Waals surface area contributed by atoms with Crippen LogP contribution in [0.5, 0.6) is 0 Å². The lowest BCUT2D eigenvalue weighted by Gasteiger charge is -2.45. The monoisotopic (exact) mass is 254 g/mol. The van der Waals surface area contributed by atoms with E-state index >= 15 is 0 Å². The summed E-state index contributed by atoms with van der Waals surface area (Å²) >= 11 is 0. The maximum absolute atomic E-state index is 6.12. The predicted molar refractivity (Wildman–Crippen MR) is 75.7 cm³/mol. The summed E-state index contributed by atoms with van der Waals surface area (Å²) in [6.07, 6.45) is 13.4. The molecule has 0 spiro atoms. The molecule has 18 heavy (non-hydrogen) atoms. The lowest BCUT2D eigenvalue weighted by Crippen LogP contribution is -2.63. The van der Waals surface area contributed by atoms with Crippen molar-refractivity contribution in [3.8, 4) is 0 Å². The first-order valence-corrected chi connectivity index (χ1v) is 7.81. The van der Waals surface area contributed by atoms with Crippen molar-refractivity contribution in [3.63, 3.8) is 0 Å². The first kappa shape index (κ1) is 14.3. The van der Waals surface area contributed by atoms with Crippen molar-refractivity contribution in [1.29, 1.82) is 0 Å². The van der Waals surface area contributed by atoms with Crippen LogP contribution in [-0.4, -0.2) is 31.3 Å². The molecule has 3 nitrogen and oxygen atoms in total. The number of hydrogen-bond acceptors (Lipinski definition) is 3. The van der Waals surface area contributed by atoms with Crippen molar-refractivity contribution in [2.75, 3.05) is 13.7 Å². The number of hydrogen-bond donors (Lipinski definition) is 2. The average Bonchev–Trinajstić information content (AvgIpc) is 2.67. The molecule has 0 bridgehead atoms. The molecule has 2 aliphatic rings. The Morgan fingerprint density at radius 2 is 1.72 bits per heavy atom. The van der Waals surface area contributed by atoms with Crippen LogP contribution in [0.25, 0.3) is 0 Å². The fourth-order valence-electron chi connectivity index (χ4n) is 3.84. The third-order valence-electron chi connectivity index (χ3n) is 4.95. The van der Waals surface area contributed by atoms with E-state index in [0.717, 1.165) is 6.42 Å². The minimum atomic E-state index is 0.0437. The van der Waals surface area contributed by atoms with Crippen LogP contribution in [0.4, 0.5) is 0 Å². The van der Waals surface area contributed by atoms with Crippen LogP contribution in [0.3, 0.4) is 0 Å².